The molecule has 1 fully saturated rings. The molecule has 0 radical (unpaired) electrons. The summed E-state index contributed by atoms with van der Waals surface area (Å²) in [4.78, 5) is 39.9. The van der Waals surface area contributed by atoms with Crippen LogP contribution in [0.15, 0.2) is 53.4 Å². The summed E-state index contributed by atoms with van der Waals surface area (Å²) >= 11 is 0. The molecular formula is C32H39N5O7S. The van der Waals surface area contributed by atoms with E-state index < -0.39 is 33.5 Å². The Labute approximate surface area is 262 Å². The molecule has 0 bridgehead atoms. The van der Waals surface area contributed by atoms with Gasteiger partial charge in [-0.3, -0.25) is 9.69 Å². The van der Waals surface area contributed by atoms with E-state index in [9.17, 15) is 33.2 Å². The quantitative estimate of drug-likeness (QED) is 0.292. The second-order valence-corrected chi connectivity index (χ2v) is 14.1. The molecule has 12 nitrogen and oxygen atoms in total. The summed E-state index contributed by atoms with van der Waals surface area (Å²) in [6, 6.07) is 14.3. The van der Waals surface area contributed by atoms with E-state index in [2.05, 4.69) is 16.7 Å². The number of amides is 3. The van der Waals surface area contributed by atoms with Gasteiger partial charge in [-0.2, -0.15) is 5.26 Å². The molecule has 2 aromatic carbocycles. The second kappa shape index (κ2) is 13.6. The summed E-state index contributed by atoms with van der Waals surface area (Å²) in [5.74, 6) is -0.919. The number of benzene rings is 2. The molecule has 3 amide bonds. The zero-order valence-corrected chi connectivity index (χ0v) is 26.7. The number of aryl methyl sites for hydroxylation is 1. The molecule has 1 aliphatic rings. The molecule has 4 rings (SSSR count). The van der Waals surface area contributed by atoms with Gasteiger partial charge in [-0.05, 0) is 83.7 Å². The first-order valence-corrected chi connectivity index (χ1v) is 16.5. The lowest BCUT2D eigenvalue weighted by Gasteiger charge is -2.31. The number of anilines is 1. The van der Waals surface area contributed by atoms with Crippen molar-refractivity contribution in [2.45, 2.75) is 82.5 Å². The van der Waals surface area contributed by atoms with Crippen molar-refractivity contribution in [1.82, 2.24) is 15.2 Å². The molecule has 0 unspecified atom stereocenters. The SMILES string of the molecule is CCN(C(=O)O)c1c(C(=O)NC2CCC(NC(=O)OC(C)(C)C)CC2)n(CCS(=O)(=O)c2ccccc2)c2cc(C#N)ccc12. The molecule has 240 valence electrons. The minimum atomic E-state index is -3.77. The van der Waals surface area contributed by atoms with Crippen LogP contribution in [-0.4, -0.2) is 66.2 Å². The van der Waals surface area contributed by atoms with Gasteiger partial charge < -0.3 is 25.0 Å². The van der Waals surface area contributed by atoms with E-state index in [1.165, 1.54) is 28.8 Å². The van der Waals surface area contributed by atoms with Crippen molar-refractivity contribution in [2.24, 2.45) is 0 Å². The highest BCUT2D eigenvalue weighted by Gasteiger charge is 2.32. The van der Waals surface area contributed by atoms with E-state index in [1.54, 1.807) is 52.0 Å². The van der Waals surface area contributed by atoms with E-state index >= 15 is 0 Å². The molecule has 1 aromatic heterocycles. The number of nitrogens with zero attached hydrogens (tertiary/aromatic N) is 3. The maximum atomic E-state index is 14.1. The number of nitrogens with one attached hydrogen (secondary N) is 2. The Morgan fingerprint density at radius 3 is 2.22 bits per heavy atom. The number of hydrogen-bond acceptors (Lipinski definition) is 7. The molecule has 1 heterocycles. The van der Waals surface area contributed by atoms with E-state index in [1.807, 2.05) is 0 Å². The van der Waals surface area contributed by atoms with Crippen molar-refractivity contribution in [3.8, 4) is 6.07 Å². The first kappa shape index (κ1) is 33.3. The van der Waals surface area contributed by atoms with Crippen LogP contribution in [0.5, 0.6) is 0 Å². The fraction of sp³-hybridized carbons (Fsp3) is 0.438. The van der Waals surface area contributed by atoms with E-state index in [0.29, 0.717) is 36.6 Å². The van der Waals surface area contributed by atoms with Crippen molar-refractivity contribution in [3.05, 3.63) is 59.8 Å². The highest BCUT2D eigenvalue weighted by molar-refractivity contribution is 7.91. The number of hydrogen-bond donors (Lipinski definition) is 3. The summed E-state index contributed by atoms with van der Waals surface area (Å²) in [6.07, 6.45) is 0.521. The van der Waals surface area contributed by atoms with Gasteiger partial charge in [0.15, 0.2) is 9.84 Å². The number of ether oxygens (including phenoxy) is 1. The maximum absolute atomic E-state index is 14.1. The van der Waals surface area contributed by atoms with E-state index in [-0.39, 0.29) is 52.8 Å². The molecule has 0 atom stereocenters. The number of fused-ring (bicyclic) bond motifs is 1. The summed E-state index contributed by atoms with van der Waals surface area (Å²) in [5, 5.41) is 26.0. The van der Waals surface area contributed by atoms with Crippen LogP contribution in [-0.2, 0) is 21.1 Å². The van der Waals surface area contributed by atoms with E-state index in [0.717, 1.165) is 4.90 Å². The molecular weight excluding hydrogens is 598 g/mol. The standard InChI is InChI=1S/C32H39N5O7S/c1-5-36(31(40)41)27-25-16-11-21(20-33)19-26(25)37(17-18-45(42,43)24-9-7-6-8-10-24)28(27)29(38)34-22-12-14-23(15-13-22)35-30(39)44-32(2,3)4/h6-11,16,19,22-23H,5,12-15,17-18H2,1-4H3,(H,34,38)(H,35,39)(H,40,41). The van der Waals surface area contributed by atoms with Crippen LogP contribution >= 0.6 is 0 Å². The second-order valence-electron chi connectivity index (χ2n) is 12.0. The number of alkyl carbamates (subject to hydrolysis) is 1. The monoisotopic (exact) mass is 637 g/mol. The van der Waals surface area contributed by atoms with Gasteiger partial charge in [0, 0.05) is 30.6 Å². The molecule has 0 aliphatic heterocycles. The molecule has 0 saturated heterocycles. The number of sulfone groups is 1. The topological polar surface area (TPSA) is 171 Å². The first-order valence-electron chi connectivity index (χ1n) is 14.9. The first-order chi connectivity index (χ1) is 21.2. The summed E-state index contributed by atoms with van der Waals surface area (Å²) in [6.45, 7) is 6.87. The zero-order chi connectivity index (χ0) is 32.9. The van der Waals surface area contributed by atoms with Crippen LogP contribution in [0.2, 0.25) is 0 Å². The lowest BCUT2D eigenvalue weighted by atomic mass is 9.91. The summed E-state index contributed by atoms with van der Waals surface area (Å²) < 4.78 is 33.3. The largest absolute Gasteiger partial charge is 0.465 e. The van der Waals surface area contributed by atoms with Crippen LogP contribution in [0, 0.1) is 11.3 Å². The van der Waals surface area contributed by atoms with Gasteiger partial charge in [0.2, 0.25) is 0 Å². The Morgan fingerprint density at radius 1 is 1.04 bits per heavy atom. The minimum absolute atomic E-state index is 0.00149. The number of carbonyl (C=O) groups excluding carboxylic acids is 2. The number of carbonyl (C=O) groups is 3. The van der Waals surface area contributed by atoms with Gasteiger partial charge in [-0.1, -0.05) is 18.2 Å². The van der Waals surface area contributed by atoms with Crippen molar-refractivity contribution >= 4 is 44.5 Å². The fourth-order valence-electron chi connectivity index (χ4n) is 5.59. The molecule has 1 saturated carbocycles. The van der Waals surface area contributed by atoms with Gasteiger partial charge in [0.05, 0.1) is 33.5 Å². The van der Waals surface area contributed by atoms with Crippen molar-refractivity contribution in [3.63, 3.8) is 0 Å². The third kappa shape index (κ3) is 7.94. The Bertz CT molecular complexity index is 1710. The molecule has 0 spiro atoms. The number of rotatable bonds is 9. The van der Waals surface area contributed by atoms with Gasteiger partial charge in [0.1, 0.15) is 11.3 Å². The predicted molar refractivity (Wildman–Crippen MR) is 169 cm³/mol. The normalized spacial score (nSPS) is 16.9. The predicted octanol–water partition coefficient (Wildman–Crippen LogP) is 5.06. The zero-order valence-electron chi connectivity index (χ0n) is 25.9. The Morgan fingerprint density at radius 2 is 1.67 bits per heavy atom. The fourth-order valence-corrected chi connectivity index (χ4v) is 6.82. The highest BCUT2D eigenvalue weighted by Crippen LogP contribution is 2.36. The van der Waals surface area contributed by atoms with Crippen LogP contribution in [0.25, 0.3) is 10.9 Å². The van der Waals surface area contributed by atoms with Crippen molar-refractivity contribution in [1.29, 1.82) is 5.26 Å². The number of nitriles is 1. The van der Waals surface area contributed by atoms with Gasteiger partial charge >= 0.3 is 12.2 Å². The highest BCUT2D eigenvalue weighted by atomic mass is 32.2. The average molecular weight is 638 g/mol. The summed E-state index contributed by atoms with van der Waals surface area (Å²) in [5.41, 5.74) is 0.158. The minimum Gasteiger partial charge on any atom is -0.465 e. The van der Waals surface area contributed by atoms with Gasteiger partial charge in [-0.25, -0.2) is 18.0 Å². The molecule has 1 aliphatic carbocycles. The maximum Gasteiger partial charge on any atom is 0.411 e. The van der Waals surface area contributed by atoms with E-state index in [4.69, 9.17) is 4.74 Å². The van der Waals surface area contributed by atoms with Gasteiger partial charge in [0.25, 0.3) is 5.91 Å². The third-order valence-electron chi connectivity index (χ3n) is 7.67. The molecule has 3 N–H and O–H groups in total. The Kier molecular flexibility index (Phi) is 10.1. The van der Waals surface area contributed by atoms with Crippen molar-refractivity contribution < 1.29 is 32.6 Å². The third-order valence-corrected chi connectivity index (χ3v) is 9.38. The van der Waals surface area contributed by atoms with Crippen LogP contribution < -0.4 is 15.5 Å². The lowest BCUT2D eigenvalue weighted by molar-refractivity contribution is 0.0487. The molecule has 13 heteroatoms. The lowest BCUT2D eigenvalue weighted by Crippen LogP contribution is -2.45. The van der Waals surface area contributed by atoms with Crippen LogP contribution in [0.3, 0.4) is 0 Å². The van der Waals surface area contributed by atoms with Crippen molar-refractivity contribution in [2.75, 3.05) is 17.2 Å². The Hall–Kier alpha value is -4.57. The molecule has 45 heavy (non-hydrogen) atoms. The van der Waals surface area contributed by atoms with Crippen LogP contribution in [0.1, 0.15) is 69.4 Å². The number of aromatic nitrogens is 1. The average Bonchev–Trinajstić information content (AvgIpc) is 3.30. The van der Waals surface area contributed by atoms with Crippen LogP contribution in [0.4, 0.5) is 15.3 Å². The van der Waals surface area contributed by atoms with Gasteiger partial charge in [-0.15, -0.1) is 0 Å². The Balaban J connectivity index is 1.68. The smallest absolute Gasteiger partial charge is 0.411 e. The molecule has 3 aromatic rings. The number of carboxylic acid groups (broad SMARTS) is 1. The summed E-state index contributed by atoms with van der Waals surface area (Å²) in [7, 11) is -3.77.